The lowest BCUT2D eigenvalue weighted by Gasteiger charge is -2.07. The summed E-state index contributed by atoms with van der Waals surface area (Å²) in [5, 5.41) is 0. The van der Waals surface area contributed by atoms with E-state index in [2.05, 4.69) is 0 Å². The molecule has 0 spiro atoms. The second kappa shape index (κ2) is 5.08. The summed E-state index contributed by atoms with van der Waals surface area (Å²) in [4.78, 5) is 12.4. The van der Waals surface area contributed by atoms with E-state index in [1.807, 2.05) is 12.1 Å². The third-order valence-corrected chi connectivity index (χ3v) is 3.38. The zero-order valence-corrected chi connectivity index (χ0v) is 11.2. The zero-order chi connectivity index (χ0) is 14.1. The average Bonchev–Trinajstić information content (AvgIpc) is 3.23. The summed E-state index contributed by atoms with van der Waals surface area (Å²) >= 11 is 0. The van der Waals surface area contributed by atoms with Crippen LogP contribution in [0.4, 0.5) is 4.39 Å². The molecule has 102 valence electrons. The van der Waals surface area contributed by atoms with Crippen molar-refractivity contribution in [2.75, 3.05) is 0 Å². The number of benzene rings is 2. The number of rotatable bonds is 4. The summed E-state index contributed by atoms with van der Waals surface area (Å²) < 4.78 is 18.7. The van der Waals surface area contributed by atoms with Crippen LogP contribution in [0.25, 0.3) is 0 Å². The van der Waals surface area contributed by atoms with Crippen LogP contribution in [0.3, 0.4) is 0 Å². The van der Waals surface area contributed by atoms with Crippen molar-refractivity contribution in [2.45, 2.75) is 25.9 Å². The molecule has 0 unspecified atom stereocenters. The Morgan fingerprint density at radius 3 is 2.45 bits per heavy atom. The molecule has 0 bridgehead atoms. The molecule has 0 amide bonds. The molecule has 0 N–H and O–H groups in total. The first-order chi connectivity index (χ1) is 9.63. The zero-order valence-electron chi connectivity index (χ0n) is 11.2. The van der Waals surface area contributed by atoms with Gasteiger partial charge in [0.15, 0.2) is 5.78 Å². The molecule has 0 atom stereocenters. The smallest absolute Gasteiger partial charge is 0.193 e. The van der Waals surface area contributed by atoms with Gasteiger partial charge in [-0.3, -0.25) is 4.79 Å². The predicted molar refractivity (Wildman–Crippen MR) is 74.7 cm³/mol. The molecule has 0 saturated heterocycles. The van der Waals surface area contributed by atoms with Gasteiger partial charge in [0, 0.05) is 11.1 Å². The minimum Gasteiger partial charge on any atom is -0.490 e. The molecular weight excluding hydrogens is 255 g/mol. The standard InChI is InChI=1S/C17H15FO2/c1-11-10-13(18)4-9-16(11)17(19)12-2-5-14(6-3-12)20-15-7-8-15/h2-6,9-10,15H,7-8H2,1H3. The maximum Gasteiger partial charge on any atom is 0.193 e. The summed E-state index contributed by atoms with van der Waals surface area (Å²) in [5.74, 6) is 0.368. The summed E-state index contributed by atoms with van der Waals surface area (Å²) in [6.45, 7) is 1.74. The molecule has 2 aromatic rings. The predicted octanol–water partition coefficient (Wildman–Crippen LogP) is 3.91. The largest absolute Gasteiger partial charge is 0.490 e. The Balaban J connectivity index is 1.82. The summed E-state index contributed by atoms with van der Waals surface area (Å²) in [5.41, 5.74) is 1.76. The molecule has 1 aliphatic carbocycles. The van der Waals surface area contributed by atoms with Gasteiger partial charge in [0.1, 0.15) is 11.6 Å². The van der Waals surface area contributed by atoms with Crippen molar-refractivity contribution in [2.24, 2.45) is 0 Å². The third kappa shape index (κ3) is 2.72. The number of aryl methyl sites for hydroxylation is 1. The Morgan fingerprint density at radius 2 is 1.85 bits per heavy atom. The number of carbonyl (C=O) groups excluding carboxylic acids is 1. The molecule has 0 heterocycles. The SMILES string of the molecule is Cc1cc(F)ccc1C(=O)c1ccc(OC2CC2)cc1. The van der Waals surface area contributed by atoms with Crippen LogP contribution in [0.5, 0.6) is 5.75 Å². The highest BCUT2D eigenvalue weighted by Crippen LogP contribution is 2.27. The number of carbonyl (C=O) groups is 1. The maximum absolute atomic E-state index is 13.1. The monoisotopic (exact) mass is 270 g/mol. The van der Waals surface area contributed by atoms with E-state index in [9.17, 15) is 9.18 Å². The normalized spacial score (nSPS) is 14.1. The molecule has 20 heavy (non-hydrogen) atoms. The van der Waals surface area contributed by atoms with Gasteiger partial charge in [-0.1, -0.05) is 0 Å². The van der Waals surface area contributed by atoms with Gasteiger partial charge in [-0.15, -0.1) is 0 Å². The van der Waals surface area contributed by atoms with Crippen molar-refractivity contribution in [1.29, 1.82) is 0 Å². The first-order valence-electron chi connectivity index (χ1n) is 6.71. The minimum absolute atomic E-state index is 0.0968. The molecule has 0 aromatic heterocycles. The molecule has 1 aliphatic rings. The number of hydrogen-bond donors (Lipinski definition) is 0. The highest BCUT2D eigenvalue weighted by molar-refractivity contribution is 6.09. The van der Waals surface area contributed by atoms with Crippen LogP contribution in [0, 0.1) is 12.7 Å². The first-order valence-corrected chi connectivity index (χ1v) is 6.71. The van der Waals surface area contributed by atoms with Gasteiger partial charge in [-0.05, 0) is 67.8 Å². The molecule has 2 aromatic carbocycles. The van der Waals surface area contributed by atoms with Crippen molar-refractivity contribution < 1.29 is 13.9 Å². The minimum atomic E-state index is -0.327. The maximum atomic E-state index is 13.1. The fraction of sp³-hybridized carbons (Fsp3) is 0.235. The van der Waals surface area contributed by atoms with E-state index in [4.69, 9.17) is 4.74 Å². The van der Waals surface area contributed by atoms with Gasteiger partial charge in [-0.25, -0.2) is 4.39 Å². The van der Waals surface area contributed by atoms with Crippen molar-refractivity contribution >= 4 is 5.78 Å². The van der Waals surface area contributed by atoms with Gasteiger partial charge >= 0.3 is 0 Å². The Bertz CT molecular complexity index is 643. The molecule has 3 heteroatoms. The Morgan fingerprint density at radius 1 is 1.15 bits per heavy atom. The lowest BCUT2D eigenvalue weighted by atomic mass is 9.99. The third-order valence-electron chi connectivity index (χ3n) is 3.38. The topological polar surface area (TPSA) is 26.3 Å². The highest BCUT2D eigenvalue weighted by atomic mass is 19.1. The Labute approximate surface area is 117 Å². The highest BCUT2D eigenvalue weighted by Gasteiger charge is 2.23. The molecule has 2 nitrogen and oxygen atoms in total. The molecule has 0 aliphatic heterocycles. The molecule has 3 rings (SSSR count). The lowest BCUT2D eigenvalue weighted by Crippen LogP contribution is -2.04. The molecular formula is C17H15FO2. The Kier molecular flexibility index (Phi) is 3.26. The van der Waals surface area contributed by atoms with Crippen LogP contribution in [-0.2, 0) is 0 Å². The van der Waals surface area contributed by atoms with E-state index in [1.54, 1.807) is 19.1 Å². The first kappa shape index (κ1) is 12.9. The van der Waals surface area contributed by atoms with Gasteiger partial charge in [0.2, 0.25) is 0 Å². The van der Waals surface area contributed by atoms with Gasteiger partial charge < -0.3 is 4.74 Å². The van der Waals surface area contributed by atoms with Crippen molar-refractivity contribution in [3.05, 3.63) is 65.0 Å². The van der Waals surface area contributed by atoms with Gasteiger partial charge in [0.05, 0.1) is 6.10 Å². The van der Waals surface area contributed by atoms with Crippen molar-refractivity contribution in [3.63, 3.8) is 0 Å². The van der Waals surface area contributed by atoms with Gasteiger partial charge in [-0.2, -0.15) is 0 Å². The van der Waals surface area contributed by atoms with Crippen LogP contribution >= 0.6 is 0 Å². The van der Waals surface area contributed by atoms with Crippen LogP contribution < -0.4 is 4.74 Å². The second-order valence-corrected chi connectivity index (χ2v) is 5.13. The number of ether oxygens (including phenoxy) is 1. The fourth-order valence-electron chi connectivity index (χ4n) is 2.10. The number of ketones is 1. The van der Waals surface area contributed by atoms with Crippen molar-refractivity contribution in [1.82, 2.24) is 0 Å². The molecule has 1 fully saturated rings. The van der Waals surface area contributed by atoms with Crippen LogP contribution in [0.15, 0.2) is 42.5 Å². The number of halogens is 1. The van der Waals surface area contributed by atoms with E-state index in [0.29, 0.717) is 22.8 Å². The summed E-state index contributed by atoms with van der Waals surface area (Å²) in [6, 6.07) is 11.3. The number of hydrogen-bond acceptors (Lipinski definition) is 2. The van der Waals surface area contributed by atoms with Crippen LogP contribution in [0.2, 0.25) is 0 Å². The van der Waals surface area contributed by atoms with Crippen molar-refractivity contribution in [3.8, 4) is 5.75 Å². The fourth-order valence-corrected chi connectivity index (χ4v) is 2.10. The van der Waals surface area contributed by atoms with E-state index in [1.165, 1.54) is 18.2 Å². The van der Waals surface area contributed by atoms with Gasteiger partial charge in [0.25, 0.3) is 0 Å². The summed E-state index contributed by atoms with van der Waals surface area (Å²) in [7, 11) is 0. The van der Waals surface area contributed by atoms with Crippen LogP contribution in [-0.4, -0.2) is 11.9 Å². The van der Waals surface area contributed by atoms with E-state index in [-0.39, 0.29) is 11.6 Å². The van der Waals surface area contributed by atoms with E-state index < -0.39 is 0 Å². The van der Waals surface area contributed by atoms with Crippen LogP contribution in [0.1, 0.15) is 34.3 Å². The Hall–Kier alpha value is -2.16. The average molecular weight is 270 g/mol. The molecule has 0 radical (unpaired) electrons. The van der Waals surface area contributed by atoms with E-state index >= 15 is 0 Å². The quantitative estimate of drug-likeness (QED) is 0.787. The summed E-state index contributed by atoms with van der Waals surface area (Å²) in [6.07, 6.45) is 2.56. The van der Waals surface area contributed by atoms with E-state index in [0.717, 1.165) is 18.6 Å². The lowest BCUT2D eigenvalue weighted by molar-refractivity contribution is 0.103. The molecule has 1 saturated carbocycles. The second-order valence-electron chi connectivity index (χ2n) is 5.13.